The Labute approximate surface area is 125 Å². The normalized spacial score (nSPS) is 25.3. The number of para-hydroxylation sites is 1. The summed E-state index contributed by atoms with van der Waals surface area (Å²) in [5, 5.41) is 2.83. The minimum atomic E-state index is -0.361. The Morgan fingerprint density at radius 2 is 2.00 bits per heavy atom. The van der Waals surface area contributed by atoms with Crippen molar-refractivity contribution in [1.29, 1.82) is 0 Å². The fraction of sp³-hybridized carbons (Fsp3) is 0.588. The molecule has 2 atom stereocenters. The van der Waals surface area contributed by atoms with Crippen molar-refractivity contribution in [1.82, 2.24) is 4.90 Å². The number of hydrogen-bond donors (Lipinski definition) is 1. The van der Waals surface area contributed by atoms with Gasteiger partial charge in [0, 0.05) is 19.6 Å². The van der Waals surface area contributed by atoms with E-state index in [9.17, 15) is 9.18 Å². The minimum Gasteiger partial charge on any atom is -0.385 e. The van der Waals surface area contributed by atoms with Crippen LogP contribution in [0.1, 0.15) is 48.9 Å². The number of anilines is 1. The topological polar surface area (TPSA) is 32.3 Å². The first-order valence-electron chi connectivity index (χ1n) is 7.99. The highest BCUT2D eigenvalue weighted by molar-refractivity contribution is 6.00. The maximum atomic E-state index is 13.9. The lowest BCUT2D eigenvalue weighted by Crippen LogP contribution is -2.49. The van der Waals surface area contributed by atoms with E-state index >= 15 is 0 Å². The molecule has 3 nitrogen and oxygen atoms in total. The highest BCUT2D eigenvalue weighted by atomic mass is 19.1. The van der Waals surface area contributed by atoms with Crippen molar-refractivity contribution in [2.45, 2.75) is 44.6 Å². The molecule has 0 spiro atoms. The van der Waals surface area contributed by atoms with Crippen LogP contribution in [-0.2, 0) is 0 Å². The largest absolute Gasteiger partial charge is 0.385 e. The van der Waals surface area contributed by atoms with Crippen LogP contribution in [0, 0.1) is 11.7 Å². The number of nitrogens with one attached hydrogen (secondary N) is 1. The number of halogens is 1. The second kappa shape index (κ2) is 6.04. The van der Waals surface area contributed by atoms with Gasteiger partial charge in [-0.15, -0.1) is 0 Å². The van der Waals surface area contributed by atoms with Crippen LogP contribution in [0.25, 0.3) is 0 Å². The molecule has 0 aromatic heterocycles. The van der Waals surface area contributed by atoms with E-state index in [2.05, 4.69) is 5.32 Å². The molecular formula is C17H23FN2O. The summed E-state index contributed by atoms with van der Waals surface area (Å²) in [5.74, 6) is 0.263. The highest BCUT2D eigenvalue weighted by Crippen LogP contribution is 2.36. The molecular weight excluding hydrogens is 267 g/mol. The molecule has 0 radical (unpaired) electrons. The molecule has 1 aliphatic heterocycles. The van der Waals surface area contributed by atoms with Crippen LogP contribution in [0.4, 0.5) is 10.1 Å². The average Bonchev–Trinajstić information content (AvgIpc) is 2.53. The summed E-state index contributed by atoms with van der Waals surface area (Å²) in [6.07, 6.45) is 7.11. The van der Waals surface area contributed by atoms with E-state index in [4.69, 9.17) is 0 Å². The zero-order valence-electron chi connectivity index (χ0n) is 12.6. The molecule has 4 heteroatoms. The maximum Gasteiger partial charge on any atom is 0.256 e. The van der Waals surface area contributed by atoms with Gasteiger partial charge in [0.05, 0.1) is 11.3 Å². The first kappa shape index (κ1) is 14.4. The molecule has 1 saturated carbocycles. The smallest absolute Gasteiger partial charge is 0.256 e. The Morgan fingerprint density at radius 1 is 1.24 bits per heavy atom. The zero-order chi connectivity index (χ0) is 14.8. The summed E-state index contributed by atoms with van der Waals surface area (Å²) in [6, 6.07) is 5.09. The Balaban J connectivity index is 1.89. The third-order valence-corrected chi connectivity index (χ3v) is 5.00. The van der Waals surface area contributed by atoms with Gasteiger partial charge in [0.2, 0.25) is 0 Å². The second-order valence-electron chi connectivity index (χ2n) is 6.17. The Kier molecular flexibility index (Phi) is 4.13. The lowest BCUT2D eigenvalue weighted by atomic mass is 9.78. The predicted molar refractivity (Wildman–Crippen MR) is 82.0 cm³/mol. The summed E-state index contributed by atoms with van der Waals surface area (Å²) in [7, 11) is 1.66. The number of hydrogen-bond acceptors (Lipinski definition) is 2. The van der Waals surface area contributed by atoms with Gasteiger partial charge in [-0.05, 0) is 43.7 Å². The lowest BCUT2D eigenvalue weighted by molar-refractivity contribution is 0.0391. The lowest BCUT2D eigenvalue weighted by Gasteiger charge is -2.44. The van der Waals surface area contributed by atoms with Gasteiger partial charge in [-0.25, -0.2) is 4.39 Å². The van der Waals surface area contributed by atoms with Gasteiger partial charge in [0.15, 0.2) is 0 Å². The molecule has 1 amide bonds. The molecule has 0 bridgehead atoms. The Hall–Kier alpha value is -1.58. The van der Waals surface area contributed by atoms with E-state index in [0.29, 0.717) is 23.2 Å². The number of carbonyl (C=O) groups is 1. The molecule has 2 unspecified atom stereocenters. The molecule has 21 heavy (non-hydrogen) atoms. The van der Waals surface area contributed by atoms with E-state index in [1.165, 1.54) is 31.7 Å². The number of amides is 1. The third-order valence-electron chi connectivity index (χ3n) is 5.00. The van der Waals surface area contributed by atoms with Crippen LogP contribution < -0.4 is 5.32 Å². The third kappa shape index (κ3) is 2.63. The number of fused-ring (bicyclic) bond motifs is 1. The van der Waals surface area contributed by atoms with E-state index < -0.39 is 0 Å². The second-order valence-corrected chi connectivity index (χ2v) is 6.17. The number of rotatable bonds is 2. The zero-order valence-corrected chi connectivity index (χ0v) is 12.6. The summed E-state index contributed by atoms with van der Waals surface area (Å²) in [4.78, 5) is 14.9. The Bertz CT molecular complexity index is 530. The molecule has 114 valence electrons. The SMILES string of the molecule is CNc1c(F)cccc1C(=O)N1CCCC2CCCCC21. The van der Waals surface area contributed by atoms with E-state index in [1.807, 2.05) is 4.90 Å². The van der Waals surface area contributed by atoms with Crippen LogP contribution in [0.3, 0.4) is 0 Å². The quantitative estimate of drug-likeness (QED) is 0.901. The van der Waals surface area contributed by atoms with Crippen LogP contribution >= 0.6 is 0 Å². The number of benzene rings is 1. The predicted octanol–water partition coefficient (Wildman–Crippen LogP) is 3.66. The van der Waals surface area contributed by atoms with E-state index in [0.717, 1.165) is 19.4 Å². The summed E-state index contributed by atoms with van der Waals surface area (Å²) in [5.41, 5.74) is 0.782. The number of carbonyl (C=O) groups excluding carboxylic acids is 1. The van der Waals surface area contributed by atoms with Gasteiger partial charge < -0.3 is 10.2 Å². The molecule has 3 rings (SSSR count). The van der Waals surface area contributed by atoms with Crippen molar-refractivity contribution in [3.05, 3.63) is 29.6 Å². The molecule has 2 fully saturated rings. The molecule has 1 aromatic carbocycles. The van der Waals surface area contributed by atoms with Gasteiger partial charge in [0.25, 0.3) is 5.91 Å². The molecule has 2 aliphatic rings. The fourth-order valence-corrected chi connectivity index (χ4v) is 3.99. The molecule has 1 aromatic rings. The van der Waals surface area contributed by atoms with Crippen molar-refractivity contribution < 1.29 is 9.18 Å². The van der Waals surface area contributed by atoms with Crippen LogP contribution in [-0.4, -0.2) is 30.4 Å². The van der Waals surface area contributed by atoms with Gasteiger partial charge in [-0.2, -0.15) is 0 Å². The van der Waals surface area contributed by atoms with Crippen LogP contribution in [0.5, 0.6) is 0 Å². The first-order chi connectivity index (χ1) is 10.2. The van der Waals surface area contributed by atoms with Crippen molar-refractivity contribution in [2.75, 3.05) is 18.9 Å². The highest BCUT2D eigenvalue weighted by Gasteiger charge is 2.36. The van der Waals surface area contributed by atoms with Crippen molar-refractivity contribution in [3.8, 4) is 0 Å². The maximum absolute atomic E-state index is 13.9. The van der Waals surface area contributed by atoms with Gasteiger partial charge in [-0.1, -0.05) is 18.9 Å². The van der Waals surface area contributed by atoms with E-state index in [-0.39, 0.29) is 11.7 Å². The van der Waals surface area contributed by atoms with E-state index in [1.54, 1.807) is 19.2 Å². The van der Waals surface area contributed by atoms with Gasteiger partial charge in [0.1, 0.15) is 5.82 Å². The molecule has 1 aliphatic carbocycles. The molecule has 1 N–H and O–H groups in total. The Morgan fingerprint density at radius 3 is 2.81 bits per heavy atom. The van der Waals surface area contributed by atoms with Gasteiger partial charge >= 0.3 is 0 Å². The van der Waals surface area contributed by atoms with Crippen LogP contribution in [0.2, 0.25) is 0 Å². The number of piperidine rings is 1. The molecule has 1 heterocycles. The molecule has 1 saturated heterocycles. The summed E-state index contributed by atoms with van der Waals surface area (Å²) >= 11 is 0. The minimum absolute atomic E-state index is 0.0181. The number of nitrogens with zero attached hydrogens (tertiary/aromatic N) is 1. The number of likely N-dealkylation sites (tertiary alicyclic amines) is 1. The first-order valence-corrected chi connectivity index (χ1v) is 7.99. The van der Waals surface area contributed by atoms with Crippen molar-refractivity contribution >= 4 is 11.6 Å². The average molecular weight is 290 g/mol. The summed E-state index contributed by atoms with van der Waals surface area (Å²) < 4.78 is 13.9. The van der Waals surface area contributed by atoms with Crippen molar-refractivity contribution in [2.24, 2.45) is 5.92 Å². The fourth-order valence-electron chi connectivity index (χ4n) is 3.99. The van der Waals surface area contributed by atoms with Crippen LogP contribution in [0.15, 0.2) is 18.2 Å². The monoisotopic (exact) mass is 290 g/mol. The van der Waals surface area contributed by atoms with Gasteiger partial charge in [-0.3, -0.25) is 4.79 Å². The summed E-state index contributed by atoms with van der Waals surface area (Å²) in [6.45, 7) is 0.805. The van der Waals surface area contributed by atoms with Crippen molar-refractivity contribution in [3.63, 3.8) is 0 Å². The standard InChI is InChI=1S/C17H23FN2O/c1-19-16-13(8-4-9-14(16)18)17(21)20-11-5-7-12-6-2-3-10-15(12)20/h4,8-9,12,15,19H,2-3,5-7,10-11H2,1H3.